The molecule has 0 aromatic carbocycles. The molecule has 1 aliphatic heterocycles. The van der Waals surface area contributed by atoms with Gasteiger partial charge >= 0.3 is 0 Å². The van der Waals surface area contributed by atoms with E-state index in [1.54, 1.807) is 0 Å². The molecule has 0 spiro atoms. The summed E-state index contributed by atoms with van der Waals surface area (Å²) in [6, 6.07) is 0.264. The van der Waals surface area contributed by atoms with E-state index < -0.39 is 0 Å². The van der Waals surface area contributed by atoms with E-state index in [0.717, 1.165) is 19.6 Å². The molecule has 0 bridgehead atoms. The maximum atomic E-state index is 11.8. The fourth-order valence-corrected chi connectivity index (χ4v) is 2.67. The Balaban J connectivity index is 2.24. The molecule has 2 heterocycles. The molecule has 1 saturated heterocycles. The smallest absolute Gasteiger partial charge is 0.295 e. The number of aromatic amines is 1. The average Bonchev–Trinajstić information content (AvgIpc) is 2.45. The van der Waals surface area contributed by atoms with E-state index >= 15 is 0 Å². The highest BCUT2D eigenvalue weighted by Gasteiger charge is 2.23. The minimum Gasteiger partial charge on any atom is -0.489 e. The van der Waals surface area contributed by atoms with Gasteiger partial charge in [-0.3, -0.25) is 4.79 Å². The highest BCUT2D eigenvalue weighted by atomic mass is 16.5. The van der Waals surface area contributed by atoms with Crippen LogP contribution in [0.2, 0.25) is 0 Å². The minimum atomic E-state index is -0.232. The maximum Gasteiger partial charge on any atom is 0.295 e. The van der Waals surface area contributed by atoms with Crippen LogP contribution in [-0.2, 0) is 0 Å². The van der Waals surface area contributed by atoms with Crippen LogP contribution < -0.4 is 20.5 Å². The van der Waals surface area contributed by atoms with Crippen molar-refractivity contribution in [2.24, 2.45) is 5.92 Å². The largest absolute Gasteiger partial charge is 0.489 e. The Hall–Kier alpha value is -1.56. The number of anilines is 1. The zero-order valence-corrected chi connectivity index (χ0v) is 12.5. The zero-order valence-electron chi connectivity index (χ0n) is 12.5. The molecular formula is C14H24N4O2. The lowest BCUT2D eigenvalue weighted by Gasteiger charge is -2.34. The molecule has 2 N–H and O–H groups in total. The first-order chi connectivity index (χ1) is 9.63. The van der Waals surface area contributed by atoms with Crippen LogP contribution in [0.3, 0.4) is 0 Å². The predicted octanol–water partition coefficient (Wildman–Crippen LogP) is 0.993. The van der Waals surface area contributed by atoms with Gasteiger partial charge in [-0.15, -0.1) is 0 Å². The molecule has 6 heteroatoms. The summed E-state index contributed by atoms with van der Waals surface area (Å²) in [5, 5.41) is 3.42. The minimum absolute atomic E-state index is 0.232. The van der Waals surface area contributed by atoms with Crippen molar-refractivity contribution in [1.82, 2.24) is 15.3 Å². The molecule has 1 unspecified atom stereocenters. The van der Waals surface area contributed by atoms with E-state index in [1.807, 2.05) is 0 Å². The summed E-state index contributed by atoms with van der Waals surface area (Å²) in [4.78, 5) is 20.9. The molecule has 2 rings (SSSR count). The number of hydrogen-bond acceptors (Lipinski definition) is 5. The summed E-state index contributed by atoms with van der Waals surface area (Å²) in [6.45, 7) is 7.23. The normalized spacial score (nSPS) is 19.1. The van der Waals surface area contributed by atoms with Crippen LogP contribution >= 0.6 is 0 Å². The molecule has 1 aliphatic rings. The molecule has 0 aliphatic carbocycles. The molecule has 1 aromatic rings. The van der Waals surface area contributed by atoms with Gasteiger partial charge in [0.05, 0.1) is 13.4 Å². The first kappa shape index (κ1) is 14.8. The second kappa shape index (κ2) is 6.74. The summed E-state index contributed by atoms with van der Waals surface area (Å²) in [5.41, 5.74) is -0.232. The standard InChI is InChI=1S/C14H24N4O2/c1-10(2)18(8-11-5-4-6-15-7-11)13-12(20-3)14(19)17-9-16-13/h9-11,15H,4-8H2,1-3H3,(H,16,17,19). The van der Waals surface area contributed by atoms with E-state index in [1.165, 1.54) is 26.3 Å². The van der Waals surface area contributed by atoms with Crippen molar-refractivity contribution in [3.8, 4) is 5.75 Å². The van der Waals surface area contributed by atoms with Crippen molar-refractivity contribution >= 4 is 5.82 Å². The van der Waals surface area contributed by atoms with Crippen molar-refractivity contribution in [1.29, 1.82) is 0 Å². The second-order valence-electron chi connectivity index (χ2n) is 5.55. The number of aromatic nitrogens is 2. The lowest BCUT2D eigenvalue weighted by Crippen LogP contribution is -2.42. The van der Waals surface area contributed by atoms with Crippen LogP contribution in [0, 0.1) is 5.92 Å². The third-order valence-corrected chi connectivity index (χ3v) is 3.75. The summed E-state index contributed by atoms with van der Waals surface area (Å²) in [6.07, 6.45) is 3.85. The van der Waals surface area contributed by atoms with Crippen LogP contribution in [0.15, 0.2) is 11.1 Å². The Kier molecular flexibility index (Phi) is 5.00. The molecule has 20 heavy (non-hydrogen) atoms. The summed E-state index contributed by atoms with van der Waals surface area (Å²) < 4.78 is 5.23. The number of nitrogens with zero attached hydrogens (tertiary/aromatic N) is 2. The van der Waals surface area contributed by atoms with E-state index in [0.29, 0.717) is 17.5 Å². The number of methoxy groups -OCH3 is 1. The quantitative estimate of drug-likeness (QED) is 0.842. The van der Waals surface area contributed by atoms with Gasteiger partial charge in [0.2, 0.25) is 5.75 Å². The van der Waals surface area contributed by atoms with Crippen LogP contribution in [-0.4, -0.2) is 42.8 Å². The highest BCUT2D eigenvalue weighted by Crippen LogP contribution is 2.25. The summed E-state index contributed by atoms with van der Waals surface area (Å²) in [5.74, 6) is 1.51. The second-order valence-corrected chi connectivity index (χ2v) is 5.55. The van der Waals surface area contributed by atoms with E-state index in [4.69, 9.17) is 4.74 Å². The molecule has 1 fully saturated rings. The monoisotopic (exact) mass is 280 g/mol. The number of ether oxygens (including phenoxy) is 1. The Labute approximate surface area is 119 Å². The number of piperidine rings is 1. The van der Waals surface area contributed by atoms with Gasteiger partial charge in [-0.2, -0.15) is 0 Å². The molecule has 6 nitrogen and oxygen atoms in total. The van der Waals surface area contributed by atoms with Crippen molar-refractivity contribution in [2.45, 2.75) is 32.7 Å². The van der Waals surface area contributed by atoms with E-state index in [-0.39, 0.29) is 11.6 Å². The first-order valence-corrected chi connectivity index (χ1v) is 7.22. The van der Waals surface area contributed by atoms with Crippen LogP contribution in [0.5, 0.6) is 5.75 Å². The Bertz CT molecular complexity index is 480. The van der Waals surface area contributed by atoms with Gasteiger partial charge < -0.3 is 19.9 Å². The Morgan fingerprint density at radius 3 is 2.95 bits per heavy atom. The first-order valence-electron chi connectivity index (χ1n) is 7.22. The van der Waals surface area contributed by atoms with E-state index in [9.17, 15) is 4.79 Å². The zero-order chi connectivity index (χ0) is 14.5. The van der Waals surface area contributed by atoms with Crippen LogP contribution in [0.25, 0.3) is 0 Å². The number of hydrogen-bond donors (Lipinski definition) is 2. The van der Waals surface area contributed by atoms with Gasteiger partial charge in [0.15, 0.2) is 5.82 Å². The number of rotatable bonds is 5. The van der Waals surface area contributed by atoms with Crippen molar-refractivity contribution in [3.05, 3.63) is 16.7 Å². The van der Waals surface area contributed by atoms with Crippen molar-refractivity contribution in [3.63, 3.8) is 0 Å². The molecule has 0 radical (unpaired) electrons. The number of nitrogens with one attached hydrogen (secondary N) is 2. The topological polar surface area (TPSA) is 70.2 Å². The van der Waals surface area contributed by atoms with Gasteiger partial charge in [0.25, 0.3) is 5.56 Å². The molecule has 112 valence electrons. The Morgan fingerprint density at radius 1 is 1.55 bits per heavy atom. The maximum absolute atomic E-state index is 11.8. The summed E-state index contributed by atoms with van der Waals surface area (Å²) in [7, 11) is 1.51. The fourth-order valence-electron chi connectivity index (χ4n) is 2.67. The van der Waals surface area contributed by atoms with Gasteiger partial charge in [0.1, 0.15) is 0 Å². The lowest BCUT2D eigenvalue weighted by molar-refractivity contribution is 0.364. The van der Waals surface area contributed by atoms with E-state index in [2.05, 4.69) is 34.0 Å². The SMILES string of the molecule is COc1c(N(CC2CCCNC2)C(C)C)nc[nH]c1=O. The number of H-pyrrole nitrogens is 1. The van der Waals surface area contributed by atoms with Gasteiger partial charge in [-0.25, -0.2) is 4.98 Å². The molecule has 1 aromatic heterocycles. The highest BCUT2D eigenvalue weighted by molar-refractivity contribution is 5.51. The predicted molar refractivity (Wildman–Crippen MR) is 79.5 cm³/mol. The Morgan fingerprint density at radius 2 is 2.35 bits per heavy atom. The fraction of sp³-hybridized carbons (Fsp3) is 0.714. The van der Waals surface area contributed by atoms with Crippen molar-refractivity contribution < 1.29 is 4.74 Å². The molecule has 0 amide bonds. The average molecular weight is 280 g/mol. The summed E-state index contributed by atoms with van der Waals surface area (Å²) >= 11 is 0. The van der Waals surface area contributed by atoms with Gasteiger partial charge in [-0.1, -0.05) is 0 Å². The molecule has 1 atom stereocenters. The van der Waals surface area contributed by atoms with Gasteiger partial charge in [0, 0.05) is 12.6 Å². The van der Waals surface area contributed by atoms with Crippen molar-refractivity contribution in [2.75, 3.05) is 31.6 Å². The molecular weight excluding hydrogens is 256 g/mol. The molecule has 0 saturated carbocycles. The van der Waals surface area contributed by atoms with Crippen LogP contribution in [0.4, 0.5) is 5.82 Å². The third kappa shape index (κ3) is 3.30. The van der Waals surface area contributed by atoms with Crippen LogP contribution in [0.1, 0.15) is 26.7 Å². The third-order valence-electron chi connectivity index (χ3n) is 3.75. The lowest BCUT2D eigenvalue weighted by atomic mass is 9.98. The van der Waals surface area contributed by atoms with Gasteiger partial charge in [-0.05, 0) is 45.7 Å².